The number of hydrogen-bond donors (Lipinski definition) is 1. The second-order valence-electron chi connectivity index (χ2n) is 5.75. The topological polar surface area (TPSA) is 75.6 Å². The van der Waals surface area contributed by atoms with Gasteiger partial charge in [-0.05, 0) is 19.5 Å². The molecule has 0 aliphatic carbocycles. The molecule has 1 aromatic carbocycles. The maximum absolute atomic E-state index is 10.8. The lowest BCUT2D eigenvalue weighted by Crippen LogP contribution is -2.60. The lowest BCUT2D eigenvalue weighted by atomic mass is 9.99. The van der Waals surface area contributed by atoms with Crippen LogP contribution in [0.15, 0.2) is 24.3 Å². The number of rotatable bonds is 4. The third-order valence-corrected chi connectivity index (χ3v) is 3.91. The molecule has 1 unspecified atom stereocenters. The van der Waals surface area contributed by atoms with Gasteiger partial charge in [0.25, 0.3) is 5.69 Å². The Hall–Kier alpha value is -1.50. The van der Waals surface area contributed by atoms with Crippen molar-refractivity contribution in [2.75, 3.05) is 33.2 Å². The normalized spacial score (nSPS) is 20.6. The number of benzene rings is 1. The van der Waals surface area contributed by atoms with Gasteiger partial charge in [0, 0.05) is 44.7 Å². The maximum Gasteiger partial charge on any atom is 0.269 e. The molecule has 0 radical (unpaired) electrons. The fourth-order valence-electron chi connectivity index (χ4n) is 2.62. The summed E-state index contributed by atoms with van der Waals surface area (Å²) in [5.41, 5.74) is 6.98. The van der Waals surface area contributed by atoms with Crippen LogP contribution in [0.25, 0.3) is 0 Å². The second kappa shape index (κ2) is 5.87. The summed E-state index contributed by atoms with van der Waals surface area (Å²) in [6.45, 7) is 5.86. The van der Waals surface area contributed by atoms with E-state index in [0.29, 0.717) is 6.42 Å². The molecule has 1 atom stereocenters. The van der Waals surface area contributed by atoms with Gasteiger partial charge in [-0.15, -0.1) is 0 Å². The third kappa shape index (κ3) is 3.53. The Morgan fingerprint density at radius 3 is 2.60 bits per heavy atom. The highest BCUT2D eigenvalue weighted by Gasteiger charge is 2.30. The Balaban J connectivity index is 2.07. The Bertz CT molecular complexity index is 482. The molecule has 1 aliphatic heterocycles. The van der Waals surface area contributed by atoms with Crippen LogP contribution in [-0.2, 0) is 6.42 Å². The first kappa shape index (κ1) is 14.9. The van der Waals surface area contributed by atoms with Gasteiger partial charge in [-0.1, -0.05) is 12.1 Å². The molecule has 1 aliphatic rings. The standard InChI is InChI=1S/C14H22N4O2/c1-14(15,17-8-6-16(2)7-9-17)11-12-4-3-5-13(10-12)18(19)20/h3-5,10H,6-9,11,15H2,1-2H3. The van der Waals surface area contributed by atoms with E-state index in [4.69, 9.17) is 5.73 Å². The van der Waals surface area contributed by atoms with E-state index in [1.54, 1.807) is 12.1 Å². The Morgan fingerprint density at radius 1 is 1.35 bits per heavy atom. The van der Waals surface area contributed by atoms with Gasteiger partial charge in [0.2, 0.25) is 0 Å². The minimum absolute atomic E-state index is 0.122. The van der Waals surface area contributed by atoms with Gasteiger partial charge in [0.15, 0.2) is 0 Å². The molecule has 6 heteroatoms. The van der Waals surface area contributed by atoms with Crippen LogP contribution in [-0.4, -0.2) is 53.6 Å². The lowest BCUT2D eigenvalue weighted by Gasteiger charge is -2.43. The average molecular weight is 278 g/mol. The largest absolute Gasteiger partial charge is 0.313 e. The predicted octanol–water partition coefficient (Wildman–Crippen LogP) is 1.06. The molecule has 0 amide bonds. The van der Waals surface area contributed by atoms with Crippen LogP contribution in [0.5, 0.6) is 0 Å². The summed E-state index contributed by atoms with van der Waals surface area (Å²) in [4.78, 5) is 15.0. The minimum Gasteiger partial charge on any atom is -0.313 e. The second-order valence-corrected chi connectivity index (χ2v) is 5.75. The van der Waals surface area contributed by atoms with Crippen molar-refractivity contribution in [3.05, 3.63) is 39.9 Å². The molecular formula is C14H22N4O2. The van der Waals surface area contributed by atoms with E-state index in [1.807, 2.05) is 13.0 Å². The van der Waals surface area contributed by atoms with E-state index in [-0.39, 0.29) is 10.6 Å². The van der Waals surface area contributed by atoms with Gasteiger partial charge >= 0.3 is 0 Å². The van der Waals surface area contributed by atoms with Crippen LogP contribution in [0.1, 0.15) is 12.5 Å². The van der Waals surface area contributed by atoms with Crippen LogP contribution in [0.4, 0.5) is 5.69 Å². The van der Waals surface area contributed by atoms with Gasteiger partial charge in [-0.2, -0.15) is 0 Å². The van der Waals surface area contributed by atoms with Crippen molar-refractivity contribution in [3.8, 4) is 0 Å². The SMILES string of the molecule is CN1CCN(C(C)(N)Cc2cccc([N+](=O)[O-])c2)CC1. The number of nitro benzene ring substituents is 1. The zero-order valence-corrected chi connectivity index (χ0v) is 12.1. The Labute approximate surface area is 119 Å². The third-order valence-electron chi connectivity index (χ3n) is 3.91. The fraction of sp³-hybridized carbons (Fsp3) is 0.571. The number of hydrogen-bond acceptors (Lipinski definition) is 5. The number of nitrogens with zero attached hydrogens (tertiary/aromatic N) is 3. The highest BCUT2D eigenvalue weighted by molar-refractivity contribution is 5.35. The Kier molecular flexibility index (Phi) is 4.37. The van der Waals surface area contributed by atoms with Crippen molar-refractivity contribution < 1.29 is 4.92 Å². The minimum atomic E-state index is -0.476. The molecule has 1 heterocycles. The summed E-state index contributed by atoms with van der Waals surface area (Å²) in [5, 5.41) is 10.8. The van der Waals surface area contributed by atoms with E-state index in [1.165, 1.54) is 6.07 Å². The van der Waals surface area contributed by atoms with Crippen molar-refractivity contribution in [1.82, 2.24) is 9.80 Å². The van der Waals surface area contributed by atoms with Gasteiger partial charge in [-0.3, -0.25) is 15.0 Å². The van der Waals surface area contributed by atoms with Crippen molar-refractivity contribution in [2.45, 2.75) is 19.0 Å². The smallest absolute Gasteiger partial charge is 0.269 e. The first-order valence-corrected chi connectivity index (χ1v) is 6.84. The zero-order chi connectivity index (χ0) is 14.8. The fourth-order valence-corrected chi connectivity index (χ4v) is 2.62. The first-order valence-electron chi connectivity index (χ1n) is 6.84. The summed E-state index contributed by atoms with van der Waals surface area (Å²) >= 11 is 0. The number of nitrogens with two attached hydrogens (primary N) is 1. The highest BCUT2D eigenvalue weighted by atomic mass is 16.6. The van der Waals surface area contributed by atoms with E-state index < -0.39 is 5.66 Å². The quantitative estimate of drug-likeness (QED) is 0.658. The summed E-state index contributed by atoms with van der Waals surface area (Å²) in [7, 11) is 2.10. The van der Waals surface area contributed by atoms with Crippen LogP contribution >= 0.6 is 0 Å². The van der Waals surface area contributed by atoms with Crippen LogP contribution < -0.4 is 5.73 Å². The highest BCUT2D eigenvalue weighted by Crippen LogP contribution is 2.20. The van der Waals surface area contributed by atoms with Crippen LogP contribution in [0.3, 0.4) is 0 Å². The molecule has 6 nitrogen and oxygen atoms in total. The number of non-ortho nitro benzene ring substituents is 1. The van der Waals surface area contributed by atoms with E-state index >= 15 is 0 Å². The number of piperazine rings is 1. The lowest BCUT2D eigenvalue weighted by molar-refractivity contribution is -0.384. The van der Waals surface area contributed by atoms with Crippen LogP contribution in [0, 0.1) is 10.1 Å². The summed E-state index contributed by atoms with van der Waals surface area (Å²) in [5.74, 6) is 0. The monoisotopic (exact) mass is 278 g/mol. The van der Waals surface area contributed by atoms with Crippen LogP contribution in [0.2, 0.25) is 0 Å². The van der Waals surface area contributed by atoms with Gasteiger partial charge in [0.1, 0.15) is 0 Å². The molecule has 0 aromatic heterocycles. The maximum atomic E-state index is 10.8. The molecule has 20 heavy (non-hydrogen) atoms. The molecule has 0 bridgehead atoms. The molecule has 2 rings (SSSR count). The number of likely N-dealkylation sites (N-methyl/N-ethyl adjacent to an activating group) is 1. The Morgan fingerprint density at radius 2 is 2.00 bits per heavy atom. The molecule has 0 saturated carbocycles. The molecule has 1 saturated heterocycles. The molecule has 110 valence electrons. The van der Waals surface area contributed by atoms with Gasteiger partial charge in [0.05, 0.1) is 10.6 Å². The average Bonchev–Trinajstić information content (AvgIpc) is 2.39. The first-order chi connectivity index (χ1) is 9.38. The van der Waals surface area contributed by atoms with Crippen molar-refractivity contribution in [1.29, 1.82) is 0 Å². The molecule has 1 fully saturated rings. The zero-order valence-electron chi connectivity index (χ0n) is 12.1. The van der Waals surface area contributed by atoms with E-state index in [9.17, 15) is 10.1 Å². The number of nitro groups is 1. The summed E-state index contributed by atoms with van der Waals surface area (Å²) in [6, 6.07) is 6.73. The summed E-state index contributed by atoms with van der Waals surface area (Å²) in [6.07, 6.45) is 0.610. The van der Waals surface area contributed by atoms with Crippen molar-refractivity contribution in [2.24, 2.45) is 5.73 Å². The van der Waals surface area contributed by atoms with Crippen molar-refractivity contribution in [3.63, 3.8) is 0 Å². The summed E-state index contributed by atoms with van der Waals surface area (Å²) < 4.78 is 0. The van der Waals surface area contributed by atoms with Gasteiger partial charge in [-0.25, -0.2) is 0 Å². The molecular weight excluding hydrogens is 256 g/mol. The predicted molar refractivity (Wildman–Crippen MR) is 78.5 cm³/mol. The molecule has 0 spiro atoms. The van der Waals surface area contributed by atoms with E-state index in [2.05, 4.69) is 16.8 Å². The molecule has 2 N–H and O–H groups in total. The van der Waals surface area contributed by atoms with Gasteiger partial charge < -0.3 is 10.6 Å². The molecule has 1 aromatic rings. The van der Waals surface area contributed by atoms with E-state index in [0.717, 1.165) is 31.7 Å². The van der Waals surface area contributed by atoms with Crippen molar-refractivity contribution >= 4 is 5.69 Å².